The van der Waals surface area contributed by atoms with E-state index in [1.54, 1.807) is 19.6 Å². The molecule has 17 heavy (non-hydrogen) atoms. The van der Waals surface area contributed by atoms with Gasteiger partial charge in [-0.15, -0.1) is 0 Å². The van der Waals surface area contributed by atoms with Gasteiger partial charge in [-0.05, 0) is 42.3 Å². The lowest BCUT2D eigenvalue weighted by Crippen LogP contribution is -1.86. The summed E-state index contributed by atoms with van der Waals surface area (Å²) in [4.78, 5) is 8.01. The molecule has 1 heterocycles. The van der Waals surface area contributed by atoms with Gasteiger partial charge in [0.25, 0.3) is 0 Å². The number of methoxy groups -OCH3 is 1. The van der Waals surface area contributed by atoms with Crippen molar-refractivity contribution in [1.82, 2.24) is 9.97 Å². The number of hydrogen-bond donors (Lipinski definition) is 0. The van der Waals surface area contributed by atoms with Crippen LogP contribution in [0.5, 0.6) is 5.75 Å². The molecule has 0 aliphatic carbocycles. The molecule has 1 aromatic carbocycles. The van der Waals surface area contributed by atoms with Crippen molar-refractivity contribution in [1.29, 1.82) is 0 Å². The van der Waals surface area contributed by atoms with Crippen molar-refractivity contribution in [3.63, 3.8) is 0 Å². The molecule has 0 atom stereocenters. The zero-order chi connectivity index (χ0) is 12.1. The molecule has 1 aromatic heterocycles. The van der Waals surface area contributed by atoms with Crippen molar-refractivity contribution in [2.45, 2.75) is 6.92 Å². The summed E-state index contributed by atoms with van der Waals surface area (Å²) in [6, 6.07) is 7.87. The van der Waals surface area contributed by atoms with E-state index in [0.717, 1.165) is 17.0 Å². The van der Waals surface area contributed by atoms with Crippen LogP contribution in [-0.4, -0.2) is 17.1 Å². The highest BCUT2D eigenvalue weighted by Gasteiger charge is 1.97. The van der Waals surface area contributed by atoms with Gasteiger partial charge >= 0.3 is 0 Å². The topological polar surface area (TPSA) is 35.0 Å². The fraction of sp³-hybridized carbons (Fsp3) is 0.143. The molecular formula is C14H14N2O. The Balaban J connectivity index is 2.22. The average molecular weight is 226 g/mol. The molecule has 2 aromatic rings. The monoisotopic (exact) mass is 226 g/mol. The predicted octanol–water partition coefficient (Wildman–Crippen LogP) is 2.96. The first-order valence-corrected chi connectivity index (χ1v) is 5.38. The molecule has 0 saturated carbocycles. The summed E-state index contributed by atoms with van der Waals surface area (Å²) in [5.41, 5.74) is 3.23. The Morgan fingerprint density at radius 1 is 1.18 bits per heavy atom. The first kappa shape index (κ1) is 11.3. The Hall–Kier alpha value is -2.16. The molecule has 0 aliphatic rings. The zero-order valence-electron chi connectivity index (χ0n) is 9.92. The number of hydrogen-bond acceptors (Lipinski definition) is 3. The van der Waals surface area contributed by atoms with Crippen molar-refractivity contribution in [2.75, 3.05) is 7.11 Å². The highest BCUT2D eigenvalue weighted by atomic mass is 16.5. The second-order valence-corrected chi connectivity index (χ2v) is 3.69. The molecule has 0 fully saturated rings. The predicted molar refractivity (Wildman–Crippen MR) is 68.7 cm³/mol. The molecule has 3 heteroatoms. The third-order valence-corrected chi connectivity index (χ3v) is 2.52. The van der Waals surface area contributed by atoms with Gasteiger partial charge in [0, 0.05) is 6.20 Å². The minimum absolute atomic E-state index is 0.877. The van der Waals surface area contributed by atoms with Crippen LogP contribution in [-0.2, 0) is 0 Å². The van der Waals surface area contributed by atoms with Gasteiger partial charge in [-0.3, -0.25) is 0 Å². The van der Waals surface area contributed by atoms with E-state index in [2.05, 4.69) is 16.9 Å². The fourth-order valence-electron chi connectivity index (χ4n) is 1.54. The van der Waals surface area contributed by atoms with Crippen LogP contribution in [0.15, 0.2) is 36.8 Å². The molecular weight excluding hydrogens is 212 g/mol. The molecule has 0 bridgehead atoms. The molecule has 0 amide bonds. The standard InChI is InChI=1S/C14H14N2O/c1-11-9-14(17-2)6-4-12(11)3-5-13-7-8-15-10-16-13/h3-10H,1-2H3/b5-3+. The SMILES string of the molecule is COc1ccc(/C=C/c2ccncn2)c(C)c1. The molecule has 0 unspecified atom stereocenters. The highest BCUT2D eigenvalue weighted by Crippen LogP contribution is 2.18. The van der Waals surface area contributed by atoms with E-state index in [9.17, 15) is 0 Å². The number of aryl methyl sites for hydroxylation is 1. The number of nitrogens with zero attached hydrogens (tertiary/aromatic N) is 2. The summed E-state index contributed by atoms with van der Waals surface area (Å²) >= 11 is 0. The summed E-state index contributed by atoms with van der Waals surface area (Å²) < 4.78 is 5.17. The number of ether oxygens (including phenoxy) is 1. The second-order valence-electron chi connectivity index (χ2n) is 3.69. The van der Waals surface area contributed by atoms with Gasteiger partial charge < -0.3 is 4.74 Å². The summed E-state index contributed by atoms with van der Waals surface area (Å²) in [6.07, 6.45) is 7.28. The molecule has 3 nitrogen and oxygen atoms in total. The third kappa shape index (κ3) is 2.91. The van der Waals surface area contributed by atoms with Crippen molar-refractivity contribution >= 4 is 12.2 Å². The van der Waals surface area contributed by atoms with Crippen molar-refractivity contribution in [2.24, 2.45) is 0 Å². The largest absolute Gasteiger partial charge is 0.497 e. The van der Waals surface area contributed by atoms with Gasteiger partial charge in [-0.25, -0.2) is 9.97 Å². The molecule has 2 rings (SSSR count). The molecule has 0 radical (unpaired) electrons. The Morgan fingerprint density at radius 3 is 2.71 bits per heavy atom. The van der Waals surface area contributed by atoms with E-state index >= 15 is 0 Å². The summed E-state index contributed by atoms with van der Waals surface area (Å²) in [5, 5.41) is 0. The Morgan fingerprint density at radius 2 is 2.06 bits per heavy atom. The molecule has 86 valence electrons. The van der Waals surface area contributed by atoms with E-state index < -0.39 is 0 Å². The van der Waals surface area contributed by atoms with Gasteiger partial charge in [0.05, 0.1) is 12.8 Å². The minimum Gasteiger partial charge on any atom is -0.497 e. The first-order valence-electron chi connectivity index (χ1n) is 5.38. The maximum Gasteiger partial charge on any atom is 0.119 e. The lowest BCUT2D eigenvalue weighted by Gasteiger charge is -2.04. The maximum absolute atomic E-state index is 5.17. The van der Waals surface area contributed by atoms with Gasteiger partial charge in [0.1, 0.15) is 12.1 Å². The Bertz CT molecular complexity index is 521. The smallest absolute Gasteiger partial charge is 0.119 e. The lowest BCUT2D eigenvalue weighted by atomic mass is 10.1. The molecule has 0 aliphatic heterocycles. The summed E-state index contributed by atoms with van der Waals surface area (Å²) in [7, 11) is 1.67. The average Bonchev–Trinajstić information content (AvgIpc) is 2.38. The van der Waals surface area contributed by atoms with E-state index in [-0.39, 0.29) is 0 Å². The van der Waals surface area contributed by atoms with Gasteiger partial charge in [-0.2, -0.15) is 0 Å². The van der Waals surface area contributed by atoms with Crippen LogP contribution in [0.2, 0.25) is 0 Å². The van der Waals surface area contributed by atoms with Crippen molar-refractivity contribution in [3.8, 4) is 5.75 Å². The second kappa shape index (κ2) is 5.25. The van der Waals surface area contributed by atoms with Crippen LogP contribution < -0.4 is 4.74 Å². The molecule has 0 saturated heterocycles. The van der Waals surface area contributed by atoms with Crippen LogP contribution in [0.1, 0.15) is 16.8 Å². The third-order valence-electron chi connectivity index (χ3n) is 2.52. The number of benzene rings is 1. The van der Waals surface area contributed by atoms with Crippen LogP contribution in [0.3, 0.4) is 0 Å². The van der Waals surface area contributed by atoms with Crippen LogP contribution in [0.25, 0.3) is 12.2 Å². The van der Waals surface area contributed by atoms with E-state index in [1.807, 2.05) is 36.4 Å². The normalized spacial score (nSPS) is 10.7. The lowest BCUT2D eigenvalue weighted by molar-refractivity contribution is 0.414. The van der Waals surface area contributed by atoms with Crippen LogP contribution in [0, 0.1) is 6.92 Å². The van der Waals surface area contributed by atoms with E-state index in [4.69, 9.17) is 4.74 Å². The summed E-state index contributed by atoms with van der Waals surface area (Å²) in [5.74, 6) is 0.877. The maximum atomic E-state index is 5.17. The molecule has 0 N–H and O–H groups in total. The minimum atomic E-state index is 0.877. The number of rotatable bonds is 3. The Kier molecular flexibility index (Phi) is 3.50. The van der Waals surface area contributed by atoms with Crippen LogP contribution in [0.4, 0.5) is 0 Å². The van der Waals surface area contributed by atoms with Gasteiger partial charge in [0.15, 0.2) is 0 Å². The first-order chi connectivity index (χ1) is 8.29. The van der Waals surface area contributed by atoms with Crippen molar-refractivity contribution < 1.29 is 4.74 Å². The van der Waals surface area contributed by atoms with Crippen molar-refractivity contribution in [3.05, 3.63) is 53.6 Å². The Labute approximate surface area is 101 Å². The van der Waals surface area contributed by atoms with Crippen LogP contribution >= 0.6 is 0 Å². The highest BCUT2D eigenvalue weighted by molar-refractivity contribution is 5.69. The van der Waals surface area contributed by atoms with E-state index in [0.29, 0.717) is 0 Å². The van der Waals surface area contributed by atoms with Gasteiger partial charge in [-0.1, -0.05) is 12.1 Å². The number of aromatic nitrogens is 2. The fourth-order valence-corrected chi connectivity index (χ4v) is 1.54. The molecule has 0 spiro atoms. The van der Waals surface area contributed by atoms with E-state index in [1.165, 1.54) is 5.56 Å². The van der Waals surface area contributed by atoms with Gasteiger partial charge in [0.2, 0.25) is 0 Å². The zero-order valence-corrected chi connectivity index (χ0v) is 9.92. The quantitative estimate of drug-likeness (QED) is 0.807. The summed E-state index contributed by atoms with van der Waals surface area (Å²) in [6.45, 7) is 2.06.